The fourth-order valence-electron chi connectivity index (χ4n) is 1.16. The van der Waals surface area contributed by atoms with Crippen molar-refractivity contribution in [3.8, 4) is 6.07 Å². The summed E-state index contributed by atoms with van der Waals surface area (Å²) in [4.78, 5) is 1.34. The van der Waals surface area contributed by atoms with Crippen molar-refractivity contribution in [3.05, 3.63) is 29.8 Å². The maximum atomic E-state index is 8.49. The minimum Gasteiger partial charge on any atom is -0.198 e. The van der Waals surface area contributed by atoms with Crippen molar-refractivity contribution in [2.24, 2.45) is 0 Å². The van der Waals surface area contributed by atoms with Gasteiger partial charge in [0.05, 0.1) is 12.5 Å². The van der Waals surface area contributed by atoms with Gasteiger partial charge < -0.3 is 0 Å². The Hall–Kier alpha value is -0.940. The molecule has 0 aliphatic heterocycles. The predicted molar refractivity (Wildman–Crippen MR) is 54.6 cm³/mol. The van der Waals surface area contributed by atoms with Crippen LogP contribution in [0.4, 0.5) is 0 Å². The Morgan fingerprint density at radius 2 is 2.00 bits per heavy atom. The molecule has 0 radical (unpaired) electrons. The zero-order valence-corrected chi connectivity index (χ0v) is 8.18. The van der Waals surface area contributed by atoms with Gasteiger partial charge in [0.15, 0.2) is 0 Å². The first-order valence-electron chi connectivity index (χ1n) is 4.51. The highest BCUT2D eigenvalue weighted by Gasteiger charge is 2.22. The van der Waals surface area contributed by atoms with Gasteiger partial charge in [-0.3, -0.25) is 0 Å². The lowest BCUT2D eigenvalue weighted by atomic mass is 10.2. The SMILES string of the molecule is N#CCc1ccc(SC2CC2)cc1. The minimum absolute atomic E-state index is 0.522. The zero-order chi connectivity index (χ0) is 9.10. The van der Waals surface area contributed by atoms with Crippen LogP contribution in [0, 0.1) is 11.3 Å². The zero-order valence-electron chi connectivity index (χ0n) is 7.36. The third-order valence-electron chi connectivity index (χ3n) is 2.03. The molecule has 0 atom stereocenters. The van der Waals surface area contributed by atoms with Crippen LogP contribution in [0.2, 0.25) is 0 Å². The predicted octanol–water partition coefficient (Wildman–Crippen LogP) is 3.01. The second kappa shape index (κ2) is 3.85. The molecular formula is C11H11NS. The van der Waals surface area contributed by atoms with Gasteiger partial charge in [-0.1, -0.05) is 12.1 Å². The van der Waals surface area contributed by atoms with Crippen LogP contribution in [0.15, 0.2) is 29.2 Å². The summed E-state index contributed by atoms with van der Waals surface area (Å²) in [6.07, 6.45) is 3.25. The number of nitriles is 1. The van der Waals surface area contributed by atoms with Crippen LogP contribution >= 0.6 is 11.8 Å². The van der Waals surface area contributed by atoms with Gasteiger partial charge in [-0.25, -0.2) is 0 Å². The van der Waals surface area contributed by atoms with Crippen LogP contribution in [0.5, 0.6) is 0 Å². The molecule has 0 bridgehead atoms. The first kappa shape index (κ1) is 8.65. The van der Waals surface area contributed by atoms with Crippen molar-refractivity contribution in [1.29, 1.82) is 5.26 Å². The monoisotopic (exact) mass is 189 g/mol. The third kappa shape index (κ3) is 2.50. The Labute approximate surface area is 82.8 Å². The van der Waals surface area contributed by atoms with E-state index in [1.54, 1.807) is 0 Å². The topological polar surface area (TPSA) is 23.8 Å². The average Bonchev–Trinajstić information content (AvgIpc) is 2.93. The number of thioether (sulfide) groups is 1. The first-order valence-corrected chi connectivity index (χ1v) is 5.39. The van der Waals surface area contributed by atoms with Crippen LogP contribution in [-0.4, -0.2) is 5.25 Å². The Balaban J connectivity index is 2.00. The van der Waals surface area contributed by atoms with Crippen molar-refractivity contribution in [2.75, 3.05) is 0 Å². The van der Waals surface area contributed by atoms with Crippen LogP contribution in [0.1, 0.15) is 18.4 Å². The molecule has 2 heteroatoms. The number of rotatable bonds is 3. The molecule has 66 valence electrons. The molecule has 0 aromatic heterocycles. The molecule has 0 N–H and O–H groups in total. The van der Waals surface area contributed by atoms with Gasteiger partial charge in [-0.05, 0) is 30.5 Å². The van der Waals surface area contributed by atoms with Gasteiger partial charge in [-0.2, -0.15) is 5.26 Å². The molecule has 1 fully saturated rings. The van der Waals surface area contributed by atoms with Gasteiger partial charge in [-0.15, -0.1) is 11.8 Å². The second-order valence-corrected chi connectivity index (χ2v) is 4.67. The molecule has 0 unspecified atom stereocenters. The first-order chi connectivity index (χ1) is 6.38. The number of hydrogen-bond donors (Lipinski definition) is 0. The van der Waals surface area contributed by atoms with Gasteiger partial charge in [0, 0.05) is 10.1 Å². The lowest BCUT2D eigenvalue weighted by molar-refractivity contribution is 1.24. The van der Waals surface area contributed by atoms with E-state index in [0.29, 0.717) is 6.42 Å². The molecule has 0 heterocycles. The van der Waals surface area contributed by atoms with Crippen molar-refractivity contribution in [2.45, 2.75) is 29.4 Å². The lowest BCUT2D eigenvalue weighted by Crippen LogP contribution is -1.81. The number of benzene rings is 1. The average molecular weight is 189 g/mol. The molecule has 1 aromatic carbocycles. The summed E-state index contributed by atoms with van der Waals surface area (Å²) in [7, 11) is 0. The van der Waals surface area contributed by atoms with E-state index in [9.17, 15) is 0 Å². The molecule has 0 saturated heterocycles. The highest BCUT2D eigenvalue weighted by atomic mass is 32.2. The largest absolute Gasteiger partial charge is 0.198 e. The summed E-state index contributed by atoms with van der Waals surface area (Å²) < 4.78 is 0. The van der Waals surface area contributed by atoms with Gasteiger partial charge in [0.1, 0.15) is 0 Å². The fourth-order valence-corrected chi connectivity index (χ4v) is 2.21. The Bertz CT molecular complexity index is 319. The summed E-state index contributed by atoms with van der Waals surface area (Å²) in [5.74, 6) is 0. The van der Waals surface area contributed by atoms with Crippen LogP contribution in [0.3, 0.4) is 0 Å². The summed E-state index contributed by atoms with van der Waals surface area (Å²) in [6.45, 7) is 0. The maximum Gasteiger partial charge on any atom is 0.0669 e. The maximum absolute atomic E-state index is 8.49. The van der Waals surface area contributed by atoms with E-state index in [1.807, 2.05) is 23.9 Å². The lowest BCUT2D eigenvalue weighted by Gasteiger charge is -1.99. The Morgan fingerprint density at radius 1 is 1.31 bits per heavy atom. The van der Waals surface area contributed by atoms with Crippen LogP contribution < -0.4 is 0 Å². The Kier molecular flexibility index (Phi) is 2.56. The molecule has 1 saturated carbocycles. The summed E-state index contributed by atoms with van der Waals surface area (Å²) in [5, 5.41) is 9.35. The van der Waals surface area contributed by atoms with Crippen molar-refractivity contribution < 1.29 is 0 Å². The molecule has 1 nitrogen and oxygen atoms in total. The smallest absolute Gasteiger partial charge is 0.0669 e. The molecule has 13 heavy (non-hydrogen) atoms. The number of hydrogen-bond acceptors (Lipinski definition) is 2. The van der Waals surface area contributed by atoms with Crippen molar-refractivity contribution in [1.82, 2.24) is 0 Å². The van der Waals surface area contributed by atoms with Gasteiger partial charge in [0.25, 0.3) is 0 Å². The van der Waals surface area contributed by atoms with Crippen molar-refractivity contribution in [3.63, 3.8) is 0 Å². The molecule has 1 aliphatic rings. The summed E-state index contributed by atoms with van der Waals surface area (Å²) in [5.41, 5.74) is 1.11. The molecule has 0 spiro atoms. The molecule has 0 amide bonds. The van der Waals surface area contributed by atoms with Crippen molar-refractivity contribution >= 4 is 11.8 Å². The van der Waals surface area contributed by atoms with E-state index in [2.05, 4.69) is 18.2 Å². The highest BCUT2D eigenvalue weighted by molar-refractivity contribution is 8.00. The van der Waals surface area contributed by atoms with E-state index in [-0.39, 0.29) is 0 Å². The summed E-state index contributed by atoms with van der Waals surface area (Å²) >= 11 is 1.95. The van der Waals surface area contributed by atoms with Crippen LogP contribution in [0.25, 0.3) is 0 Å². The standard InChI is InChI=1S/C11H11NS/c12-8-7-9-1-3-10(4-2-9)13-11-5-6-11/h1-4,11H,5-7H2. The third-order valence-corrected chi connectivity index (χ3v) is 3.38. The van der Waals surface area contributed by atoms with Gasteiger partial charge >= 0.3 is 0 Å². The normalized spacial score (nSPS) is 15.3. The minimum atomic E-state index is 0.522. The quantitative estimate of drug-likeness (QED) is 0.729. The van der Waals surface area contributed by atoms with Crippen LogP contribution in [-0.2, 0) is 6.42 Å². The van der Waals surface area contributed by atoms with E-state index >= 15 is 0 Å². The van der Waals surface area contributed by atoms with E-state index < -0.39 is 0 Å². The molecule has 1 aromatic rings. The second-order valence-electron chi connectivity index (χ2n) is 3.30. The Morgan fingerprint density at radius 3 is 2.54 bits per heavy atom. The fraction of sp³-hybridized carbons (Fsp3) is 0.364. The number of nitrogens with zero attached hydrogens (tertiary/aromatic N) is 1. The van der Waals surface area contributed by atoms with E-state index in [4.69, 9.17) is 5.26 Å². The highest BCUT2D eigenvalue weighted by Crippen LogP contribution is 2.38. The molecule has 2 rings (SSSR count). The summed E-state index contributed by atoms with van der Waals surface area (Å²) in [6, 6.07) is 10.5. The van der Waals surface area contributed by atoms with E-state index in [1.165, 1.54) is 17.7 Å². The molecular weight excluding hydrogens is 178 g/mol. The van der Waals surface area contributed by atoms with E-state index in [0.717, 1.165) is 10.8 Å². The molecule has 1 aliphatic carbocycles. The van der Waals surface area contributed by atoms with Gasteiger partial charge in [0.2, 0.25) is 0 Å².